The summed E-state index contributed by atoms with van der Waals surface area (Å²) in [6, 6.07) is 5.37. The summed E-state index contributed by atoms with van der Waals surface area (Å²) in [6.07, 6.45) is 2.46. The molecule has 20 heavy (non-hydrogen) atoms. The standard InChI is InChI=1S/C14H18ClN5/c1-9(2)14(5-6-14)8-20-13(17-18-19-20)11-7-10(15)3-4-12(11)16/h3-4,7,9H,5-6,8,16H2,1-2H3. The normalized spacial score (nSPS) is 16.6. The van der Waals surface area contributed by atoms with E-state index < -0.39 is 0 Å². The summed E-state index contributed by atoms with van der Waals surface area (Å²) < 4.78 is 1.86. The second-order valence-corrected chi connectivity index (χ2v) is 6.35. The van der Waals surface area contributed by atoms with E-state index >= 15 is 0 Å². The van der Waals surface area contributed by atoms with Gasteiger partial charge < -0.3 is 5.73 Å². The molecule has 6 heteroatoms. The van der Waals surface area contributed by atoms with Gasteiger partial charge in [-0.1, -0.05) is 25.4 Å². The number of tetrazole rings is 1. The zero-order valence-corrected chi connectivity index (χ0v) is 12.4. The van der Waals surface area contributed by atoms with Gasteiger partial charge in [-0.25, -0.2) is 4.68 Å². The molecule has 1 aromatic carbocycles. The second-order valence-electron chi connectivity index (χ2n) is 5.91. The third kappa shape index (κ3) is 2.26. The zero-order chi connectivity index (χ0) is 14.3. The van der Waals surface area contributed by atoms with Crippen molar-refractivity contribution in [3.63, 3.8) is 0 Å². The maximum absolute atomic E-state index is 6.05. The lowest BCUT2D eigenvalue weighted by Gasteiger charge is -2.19. The Hall–Kier alpha value is -1.62. The Bertz CT molecular complexity index is 630. The molecular formula is C14H18ClN5. The Morgan fingerprint density at radius 3 is 2.80 bits per heavy atom. The summed E-state index contributed by atoms with van der Waals surface area (Å²) in [6.45, 7) is 5.34. The van der Waals surface area contributed by atoms with Gasteiger partial charge >= 0.3 is 0 Å². The monoisotopic (exact) mass is 291 g/mol. The minimum atomic E-state index is 0.331. The largest absolute Gasteiger partial charge is 0.398 e. The first-order valence-electron chi connectivity index (χ1n) is 6.83. The quantitative estimate of drug-likeness (QED) is 0.879. The number of nitrogens with two attached hydrogens (primary N) is 1. The van der Waals surface area contributed by atoms with E-state index in [0.717, 1.165) is 12.1 Å². The maximum atomic E-state index is 6.05. The van der Waals surface area contributed by atoms with E-state index in [0.29, 0.717) is 27.9 Å². The van der Waals surface area contributed by atoms with Crippen LogP contribution in [0.25, 0.3) is 11.4 Å². The second kappa shape index (κ2) is 4.74. The van der Waals surface area contributed by atoms with Gasteiger partial charge in [0.15, 0.2) is 5.82 Å². The predicted molar refractivity (Wildman–Crippen MR) is 79.2 cm³/mol. The molecule has 1 fully saturated rings. The minimum absolute atomic E-state index is 0.331. The highest BCUT2D eigenvalue weighted by molar-refractivity contribution is 6.31. The van der Waals surface area contributed by atoms with E-state index in [2.05, 4.69) is 29.4 Å². The average Bonchev–Trinajstić information content (AvgIpc) is 3.05. The van der Waals surface area contributed by atoms with Crippen molar-refractivity contribution in [3.8, 4) is 11.4 Å². The van der Waals surface area contributed by atoms with Crippen molar-refractivity contribution in [2.75, 3.05) is 5.73 Å². The van der Waals surface area contributed by atoms with Gasteiger partial charge in [-0.3, -0.25) is 0 Å². The van der Waals surface area contributed by atoms with Crippen molar-refractivity contribution in [1.29, 1.82) is 0 Å². The van der Waals surface area contributed by atoms with Gasteiger partial charge in [0.1, 0.15) is 0 Å². The van der Waals surface area contributed by atoms with Crippen molar-refractivity contribution >= 4 is 17.3 Å². The molecule has 0 amide bonds. The molecule has 1 aromatic heterocycles. The number of hydrogen-bond acceptors (Lipinski definition) is 4. The van der Waals surface area contributed by atoms with Crippen molar-refractivity contribution in [2.24, 2.45) is 11.3 Å². The fourth-order valence-corrected chi connectivity index (χ4v) is 2.78. The summed E-state index contributed by atoms with van der Waals surface area (Å²) in [5, 5.41) is 12.7. The van der Waals surface area contributed by atoms with Crippen LogP contribution in [-0.4, -0.2) is 20.2 Å². The van der Waals surface area contributed by atoms with E-state index in [-0.39, 0.29) is 0 Å². The Kier molecular flexibility index (Phi) is 3.17. The summed E-state index contributed by atoms with van der Waals surface area (Å²) in [5.74, 6) is 1.31. The molecular weight excluding hydrogens is 274 g/mol. The topological polar surface area (TPSA) is 69.6 Å². The SMILES string of the molecule is CC(C)C1(Cn2nnnc2-c2cc(Cl)ccc2N)CC1. The molecule has 0 atom stereocenters. The number of halogens is 1. The van der Waals surface area contributed by atoms with Crippen LogP contribution in [0.3, 0.4) is 0 Å². The molecule has 2 N–H and O–H groups in total. The minimum Gasteiger partial charge on any atom is -0.398 e. The fraction of sp³-hybridized carbons (Fsp3) is 0.500. The summed E-state index contributed by atoms with van der Waals surface area (Å²) in [4.78, 5) is 0. The highest BCUT2D eigenvalue weighted by Gasteiger charge is 2.46. The molecule has 0 spiro atoms. The molecule has 5 nitrogen and oxygen atoms in total. The molecule has 3 rings (SSSR count). The predicted octanol–water partition coefficient (Wildman–Crippen LogP) is 3.01. The van der Waals surface area contributed by atoms with Crippen LogP contribution in [0.4, 0.5) is 5.69 Å². The molecule has 0 aliphatic heterocycles. The van der Waals surface area contributed by atoms with Crippen LogP contribution in [0.2, 0.25) is 5.02 Å². The molecule has 0 saturated heterocycles. The zero-order valence-electron chi connectivity index (χ0n) is 11.7. The van der Waals surface area contributed by atoms with Gasteiger partial charge in [0, 0.05) is 16.3 Å². The Morgan fingerprint density at radius 1 is 1.40 bits per heavy atom. The van der Waals surface area contributed by atoms with Gasteiger partial charge in [-0.2, -0.15) is 0 Å². The first-order chi connectivity index (χ1) is 9.52. The first-order valence-corrected chi connectivity index (χ1v) is 7.21. The number of benzene rings is 1. The molecule has 1 saturated carbocycles. The van der Waals surface area contributed by atoms with Gasteiger partial charge in [-0.15, -0.1) is 5.10 Å². The van der Waals surface area contributed by atoms with Crippen molar-refractivity contribution in [1.82, 2.24) is 20.2 Å². The number of nitrogen functional groups attached to an aromatic ring is 1. The average molecular weight is 292 g/mol. The molecule has 106 valence electrons. The van der Waals surface area contributed by atoms with E-state index in [9.17, 15) is 0 Å². The maximum Gasteiger partial charge on any atom is 0.184 e. The molecule has 0 unspecified atom stereocenters. The molecule has 2 aromatic rings. The lowest BCUT2D eigenvalue weighted by molar-refractivity contribution is 0.294. The molecule has 1 aliphatic rings. The van der Waals surface area contributed by atoms with Crippen LogP contribution in [0.15, 0.2) is 18.2 Å². The lowest BCUT2D eigenvalue weighted by atomic mass is 9.92. The first kappa shape index (κ1) is 13.4. The van der Waals surface area contributed by atoms with Crippen LogP contribution < -0.4 is 5.73 Å². The van der Waals surface area contributed by atoms with Crippen molar-refractivity contribution in [2.45, 2.75) is 33.2 Å². The number of nitrogens with zero attached hydrogens (tertiary/aromatic N) is 4. The van der Waals surface area contributed by atoms with E-state index in [1.165, 1.54) is 12.8 Å². The van der Waals surface area contributed by atoms with Gasteiger partial charge in [0.25, 0.3) is 0 Å². The summed E-state index contributed by atoms with van der Waals surface area (Å²) in [5.41, 5.74) is 7.78. The Labute approximate surface area is 123 Å². The third-order valence-electron chi connectivity index (χ3n) is 4.37. The number of anilines is 1. The Balaban J connectivity index is 1.96. The fourth-order valence-electron chi connectivity index (χ4n) is 2.60. The number of rotatable bonds is 4. The third-order valence-corrected chi connectivity index (χ3v) is 4.60. The highest BCUT2D eigenvalue weighted by Crippen LogP contribution is 2.53. The smallest absolute Gasteiger partial charge is 0.184 e. The molecule has 1 heterocycles. The number of hydrogen-bond donors (Lipinski definition) is 1. The van der Waals surface area contributed by atoms with E-state index in [1.54, 1.807) is 12.1 Å². The van der Waals surface area contributed by atoms with Crippen LogP contribution >= 0.6 is 11.6 Å². The Morgan fingerprint density at radius 2 is 2.15 bits per heavy atom. The molecule has 0 bridgehead atoms. The van der Waals surface area contributed by atoms with E-state index in [4.69, 9.17) is 17.3 Å². The van der Waals surface area contributed by atoms with Crippen molar-refractivity contribution in [3.05, 3.63) is 23.2 Å². The van der Waals surface area contributed by atoms with Crippen LogP contribution in [-0.2, 0) is 6.54 Å². The van der Waals surface area contributed by atoms with Crippen molar-refractivity contribution < 1.29 is 0 Å². The van der Waals surface area contributed by atoms with Crippen LogP contribution in [0.5, 0.6) is 0 Å². The highest BCUT2D eigenvalue weighted by atomic mass is 35.5. The molecule has 1 aliphatic carbocycles. The van der Waals surface area contributed by atoms with Crippen LogP contribution in [0, 0.1) is 11.3 Å². The van der Waals surface area contributed by atoms with Gasteiger partial charge in [0.2, 0.25) is 0 Å². The van der Waals surface area contributed by atoms with Gasteiger partial charge in [-0.05, 0) is 52.8 Å². The van der Waals surface area contributed by atoms with Crippen LogP contribution in [0.1, 0.15) is 26.7 Å². The van der Waals surface area contributed by atoms with Gasteiger partial charge in [0.05, 0.1) is 6.54 Å². The molecule has 0 radical (unpaired) electrons. The lowest BCUT2D eigenvalue weighted by Crippen LogP contribution is -2.19. The summed E-state index contributed by atoms with van der Waals surface area (Å²) in [7, 11) is 0. The van der Waals surface area contributed by atoms with E-state index in [1.807, 2.05) is 10.7 Å². The number of aromatic nitrogens is 4. The summed E-state index contributed by atoms with van der Waals surface area (Å²) >= 11 is 6.05.